The molecule has 11 aromatic rings. The first-order valence-corrected chi connectivity index (χ1v) is 53.0. The predicted molar refractivity (Wildman–Crippen MR) is 569 cm³/mol. The lowest BCUT2D eigenvalue weighted by Crippen LogP contribution is -2.38. The van der Waals surface area contributed by atoms with E-state index in [4.69, 9.17) is 100 Å². The highest BCUT2D eigenvalue weighted by Gasteiger charge is 2.36. The van der Waals surface area contributed by atoms with Gasteiger partial charge in [-0.3, -0.25) is 28.2 Å². The SMILES string of the molecule is CC(Cl)C(=O)Cc1cc(OCc2ccccc2)ccc1O.CC(Cl)C(=O)O.CC1CCc2cc(O)ccc2O1.CC1CCc2cc(OCc3ccccc3)ccc2O1.CC1CCc2cc(O[C@H]3CCN(C(=O)C4CCOCC4)C3)ccc2O1.CC1Oc2ccc(OCc3ccccc3)cc2CC1=O.COc1ncc(Br)cc1C#N.CS(=O)(=O)O[C@@H]1CCN(C(=O)C2CCOCC2)C1.Nc1cc(OCc2ccccc2)ccc1O. The minimum atomic E-state index is -3.44. The number of nitrogens with two attached hydrogens (primary N) is 1. The van der Waals surface area contributed by atoms with E-state index < -0.39 is 26.8 Å². The van der Waals surface area contributed by atoms with Crippen molar-refractivity contribution in [2.45, 2.75) is 205 Å². The fourth-order valence-corrected chi connectivity index (χ4v) is 17.5. The molecule has 33 heteroatoms. The average Bonchev–Trinajstić information content (AvgIpc) is 1.44. The topological polar surface area (TPSA) is 390 Å². The smallest absolute Gasteiger partial charge is 0.321 e. The number of amides is 2. The number of hydrogen-bond acceptors (Lipinski definition) is 26. The summed E-state index contributed by atoms with van der Waals surface area (Å²) in [6, 6.07) is 76.3. The molecule has 8 aliphatic rings. The number of Topliss-reactive ketones (excluding diaryl/α,β-unsaturated/α-hetero) is 2. The minimum absolute atomic E-state index is 0.0238. The number of aryl methyl sites for hydroxylation is 3. The lowest BCUT2D eigenvalue weighted by Gasteiger charge is -2.26. The number of likely N-dealkylation sites (tertiary alicyclic amines) is 2. The summed E-state index contributed by atoms with van der Waals surface area (Å²) in [7, 11) is -1.96. The van der Waals surface area contributed by atoms with Crippen molar-refractivity contribution < 1.29 is 114 Å². The third-order valence-electron chi connectivity index (χ3n) is 24.7. The molecule has 0 spiro atoms. The maximum Gasteiger partial charge on any atom is 0.321 e. The molecule has 0 saturated carbocycles. The quantitative estimate of drug-likeness (QED) is 0.0172. The molecular formula is C115H132BrCl2N5O24S. The number of carbonyl (C=O) groups excluding carboxylic acids is 4. The highest BCUT2D eigenvalue weighted by atomic mass is 79.9. The van der Waals surface area contributed by atoms with Crippen LogP contribution in [0.25, 0.3) is 0 Å². The number of alkyl halides is 2. The van der Waals surface area contributed by atoms with Crippen LogP contribution in [0.2, 0.25) is 0 Å². The van der Waals surface area contributed by atoms with Crippen LogP contribution in [0.5, 0.6) is 74.9 Å². The number of pyridine rings is 1. The van der Waals surface area contributed by atoms with Crippen LogP contribution in [0.1, 0.15) is 155 Å². The van der Waals surface area contributed by atoms with Crippen molar-refractivity contribution >= 4 is 84.3 Å². The molecule has 19 rings (SSSR count). The minimum Gasteiger partial charge on any atom is -0.508 e. The number of nitrogens with zero attached hydrogens (tertiary/aromatic N) is 4. The van der Waals surface area contributed by atoms with Gasteiger partial charge in [0.15, 0.2) is 17.7 Å². The van der Waals surface area contributed by atoms with E-state index in [0.29, 0.717) is 144 Å². The molecule has 4 saturated heterocycles. The fraction of sp³-hybridized carbons (Fsp3) is 0.383. The van der Waals surface area contributed by atoms with E-state index in [9.17, 15) is 47.7 Å². The molecule has 1 aromatic heterocycles. The number of hydrogen-bond donors (Lipinski definition) is 5. The largest absolute Gasteiger partial charge is 0.508 e. The number of anilines is 1. The zero-order valence-corrected chi connectivity index (χ0v) is 88.5. The van der Waals surface area contributed by atoms with E-state index >= 15 is 0 Å². The third kappa shape index (κ3) is 38.7. The number of aromatic hydroxyl groups is 3. The van der Waals surface area contributed by atoms with E-state index in [0.717, 1.165) is 156 Å². The van der Waals surface area contributed by atoms with Crippen molar-refractivity contribution in [3.63, 3.8) is 0 Å². The van der Waals surface area contributed by atoms with Crippen molar-refractivity contribution in [2.75, 3.05) is 71.7 Å². The van der Waals surface area contributed by atoms with Crippen LogP contribution in [0.4, 0.5) is 5.69 Å². The van der Waals surface area contributed by atoms with Crippen LogP contribution < -0.4 is 53.1 Å². The first-order chi connectivity index (χ1) is 71.2. The lowest BCUT2D eigenvalue weighted by molar-refractivity contribution is -0.138. The third-order valence-corrected chi connectivity index (χ3v) is 26.2. The molecule has 788 valence electrons. The van der Waals surface area contributed by atoms with Gasteiger partial charge in [-0.2, -0.15) is 13.7 Å². The van der Waals surface area contributed by atoms with Gasteiger partial charge in [0.05, 0.1) is 55.4 Å². The molecule has 10 aromatic carbocycles. The summed E-state index contributed by atoms with van der Waals surface area (Å²) in [6.07, 6.45) is 14.4. The molecule has 148 heavy (non-hydrogen) atoms. The van der Waals surface area contributed by atoms with Crippen molar-refractivity contribution in [3.8, 4) is 80.9 Å². The van der Waals surface area contributed by atoms with E-state index in [2.05, 4.69) is 66.0 Å². The number of carboxylic acid groups (broad SMARTS) is 1. The van der Waals surface area contributed by atoms with Crippen LogP contribution in [0.3, 0.4) is 0 Å². The maximum absolute atomic E-state index is 12.6. The molecule has 9 heterocycles. The number of carboxylic acids is 1. The zero-order valence-electron chi connectivity index (χ0n) is 84.6. The highest BCUT2D eigenvalue weighted by molar-refractivity contribution is 9.10. The summed E-state index contributed by atoms with van der Waals surface area (Å²) in [5.74, 6) is 7.91. The van der Waals surface area contributed by atoms with Crippen LogP contribution >= 0.6 is 39.1 Å². The summed E-state index contributed by atoms with van der Waals surface area (Å²) in [4.78, 5) is 65.3. The average molecular weight is 2150 g/mol. The number of nitriles is 1. The Morgan fingerprint density at radius 2 is 0.899 bits per heavy atom. The van der Waals surface area contributed by atoms with Crippen LogP contribution in [-0.2, 0) is 106 Å². The number of ether oxygens (including phenoxy) is 12. The Labute approximate surface area is 884 Å². The molecule has 4 fully saturated rings. The van der Waals surface area contributed by atoms with Crippen LogP contribution in [0, 0.1) is 23.2 Å². The number of nitrogen functional groups attached to an aromatic ring is 1. The monoisotopic (exact) mass is 2150 g/mol. The molecule has 0 bridgehead atoms. The van der Waals surface area contributed by atoms with Crippen molar-refractivity contribution in [1.82, 2.24) is 14.8 Å². The van der Waals surface area contributed by atoms with Crippen molar-refractivity contribution in [1.29, 1.82) is 5.26 Å². The normalized spacial score (nSPS) is 18.0. The van der Waals surface area contributed by atoms with E-state index in [-0.39, 0.29) is 71.4 Å². The number of methoxy groups -OCH3 is 1. The van der Waals surface area contributed by atoms with Gasteiger partial charge in [0.25, 0.3) is 10.1 Å². The summed E-state index contributed by atoms with van der Waals surface area (Å²) in [6.45, 7) is 18.3. The standard InChI is InChI=1S/C20H27NO4.C17H17ClO3.C17H16O3.C17H18O2.C13H13NO2.C11H19NO5S.C10H12O2.C7H5BrN2O.C3H5ClO2/c1-14-2-3-16-12-17(4-5-19(16)24-14)25-18-6-9-21(13-18)20(22)15-7-10-23-11-8-15;1-12(18)17(20)10-14-9-15(7-8-16(14)19)21-11-13-5-3-2-4-6-13;1-12-16(18)10-14-9-15(7-8-17(14)20-12)19-11-13-5-3-2-4-6-13;1-13-7-8-15-11-16(9-10-17(15)19-13)18-12-14-5-3-2-4-6-14;14-12-8-11(6-7-13(12)15)16-9-10-4-2-1-3-5-10;1-18(14,15)17-10-2-5-12(8-10)11(13)9-3-6-16-7-4-9;1-7-2-3-8-6-9(11)4-5-10(8)12-7;1-11-7-5(3-9)2-6(8)4-10-7;1-2(4)3(5)6/h4-5,12,14-15,18H,2-3,6-11,13H2,1H3;2-9,12,19H,10-11H2,1H3;2-9,12H,10-11H2,1H3;2-6,9-11,13H,7-8,12H2,1H3;1-8,15H,9,14H2;9-10H,2-8H2,1H3;4-7,11H,2-3H2,1H3;2,4H,1H3;2H,1H3,(H,5,6)/t14?,18-;;;;;10-;;;/m0....1.../s1. The molecule has 0 aliphatic carbocycles. The number of rotatable bonds is 23. The van der Waals surface area contributed by atoms with Gasteiger partial charge in [0.1, 0.15) is 119 Å². The first kappa shape index (κ1) is 115. The summed E-state index contributed by atoms with van der Waals surface area (Å²) in [5, 5.41) is 43.4. The van der Waals surface area contributed by atoms with Gasteiger partial charge in [-0.05, 0) is 276 Å². The Morgan fingerprint density at radius 3 is 1.33 bits per heavy atom. The van der Waals surface area contributed by atoms with Gasteiger partial charge >= 0.3 is 5.97 Å². The van der Waals surface area contributed by atoms with E-state index in [1.807, 2.05) is 169 Å². The van der Waals surface area contributed by atoms with E-state index in [1.54, 1.807) is 67.4 Å². The van der Waals surface area contributed by atoms with Crippen LogP contribution in [-0.4, -0.2) is 186 Å². The Hall–Kier alpha value is -13.3. The number of phenols is 3. The number of aliphatic carboxylic acids is 1. The Kier molecular flexibility index (Phi) is 45.9. The van der Waals surface area contributed by atoms with Gasteiger partial charge < -0.3 is 92.8 Å². The Balaban J connectivity index is 0.000000161. The zero-order chi connectivity index (χ0) is 106. The second-order valence-corrected chi connectivity index (χ2v) is 40.5. The van der Waals surface area contributed by atoms with Crippen LogP contribution in [0.15, 0.2) is 247 Å². The molecule has 6 N–H and O–H groups in total. The molecule has 29 nitrogen and oxygen atoms in total. The molecular weight excluding hydrogens is 2020 g/mol. The number of ketones is 2. The maximum atomic E-state index is 12.6. The number of carbonyl (C=O) groups is 5. The van der Waals surface area contributed by atoms with Gasteiger partial charge in [-0.1, -0.05) is 121 Å². The number of benzene rings is 10. The first-order valence-electron chi connectivity index (χ1n) is 49.6. The molecule has 2 amide bonds. The van der Waals surface area contributed by atoms with E-state index in [1.165, 1.54) is 42.9 Å². The molecule has 6 unspecified atom stereocenters. The second kappa shape index (κ2) is 59.0. The number of fused-ring (bicyclic) bond motifs is 4. The molecule has 0 radical (unpaired) electrons. The summed E-state index contributed by atoms with van der Waals surface area (Å²) < 4.78 is 94.9. The number of halogens is 3. The highest BCUT2D eigenvalue weighted by Crippen LogP contribution is 2.38. The van der Waals surface area contributed by atoms with Gasteiger partial charge in [0.2, 0.25) is 17.7 Å². The fourth-order valence-electron chi connectivity index (χ4n) is 16.4. The van der Waals surface area contributed by atoms with Gasteiger partial charge in [0, 0.05) is 105 Å². The van der Waals surface area contributed by atoms with Crippen molar-refractivity contribution in [3.05, 3.63) is 303 Å². The second-order valence-electron chi connectivity index (χ2n) is 36.6. The lowest BCUT2D eigenvalue weighted by atomic mass is 9.99. The number of aromatic nitrogens is 1. The van der Waals surface area contributed by atoms with Gasteiger partial charge in [-0.25, -0.2) is 4.98 Å². The Bertz CT molecular complexity index is 6240. The van der Waals surface area contributed by atoms with Gasteiger partial charge in [-0.15, -0.1) is 23.2 Å². The summed E-state index contributed by atoms with van der Waals surface area (Å²) >= 11 is 14.0. The van der Waals surface area contributed by atoms with Crippen molar-refractivity contribution in [2.24, 2.45) is 11.8 Å². The predicted octanol–water partition coefficient (Wildman–Crippen LogP) is 20.7. The molecule has 8 atom stereocenters. The molecule has 8 aliphatic heterocycles. The Morgan fingerprint density at radius 1 is 0.507 bits per heavy atom. The number of phenolic OH excluding ortho intramolecular Hbond substituents is 3. The summed E-state index contributed by atoms with van der Waals surface area (Å²) in [5.41, 5.74) is 15.8.